The van der Waals surface area contributed by atoms with Crippen LogP contribution >= 0.6 is 72.3 Å². The van der Waals surface area contributed by atoms with Crippen molar-refractivity contribution in [1.82, 2.24) is 0 Å². The van der Waals surface area contributed by atoms with Crippen molar-refractivity contribution in [2.24, 2.45) is 0 Å². The van der Waals surface area contributed by atoms with Gasteiger partial charge < -0.3 is 9.47 Å². The van der Waals surface area contributed by atoms with E-state index in [0.717, 1.165) is 20.9 Å². The summed E-state index contributed by atoms with van der Waals surface area (Å²) in [5, 5.41) is 8.88. The Morgan fingerprint density at radius 3 is 1.79 bits per heavy atom. The van der Waals surface area contributed by atoms with Crippen molar-refractivity contribution in [1.29, 1.82) is 5.26 Å². The molecule has 6 nitrogen and oxygen atoms in total. The van der Waals surface area contributed by atoms with E-state index in [1.807, 2.05) is 6.92 Å². The van der Waals surface area contributed by atoms with Crippen LogP contribution in [0.3, 0.4) is 0 Å². The Kier molecular flexibility index (Phi) is 6.73. The highest BCUT2D eigenvalue weighted by atomic mass is 32.2. The quantitative estimate of drug-likeness (QED) is 0.154. The number of carbonyl (C=O) groups is 3. The van der Waals surface area contributed by atoms with E-state index in [1.54, 1.807) is 0 Å². The van der Waals surface area contributed by atoms with Gasteiger partial charge in [-0.25, -0.2) is 4.79 Å². The van der Waals surface area contributed by atoms with Crippen molar-refractivity contribution in [3.05, 3.63) is 18.3 Å². The molecule has 0 radical (unpaired) electrons. The van der Waals surface area contributed by atoms with Gasteiger partial charge in [0, 0.05) is 6.92 Å². The third-order valence-corrected chi connectivity index (χ3v) is 9.75. The molecule has 0 unspecified atom stereocenters. The number of carbonyl (C=O) groups excluding carboxylic acids is 3. The number of hydrogen-bond acceptors (Lipinski definition) is 12. The molecule has 0 fully saturated rings. The van der Waals surface area contributed by atoms with Crippen LogP contribution in [0.2, 0.25) is 0 Å². The predicted octanol–water partition coefficient (Wildman–Crippen LogP) is 4.85. The molecule has 0 atom stereocenters. The van der Waals surface area contributed by atoms with Gasteiger partial charge in [0.15, 0.2) is 23.9 Å². The lowest BCUT2D eigenvalue weighted by Gasteiger charge is -2.14. The van der Waals surface area contributed by atoms with Gasteiger partial charge in [0.2, 0.25) is 0 Å². The number of rotatable bonds is 3. The molecule has 12 heteroatoms. The van der Waals surface area contributed by atoms with Crippen LogP contribution in [0.1, 0.15) is 13.8 Å². The maximum Gasteiger partial charge on any atom is 0.416 e. The fraction of sp³-hybridized carbons (Fsp3) is 0.125. The summed E-state index contributed by atoms with van der Waals surface area (Å²) in [6.45, 7) is 3.10. The van der Waals surface area contributed by atoms with E-state index in [4.69, 9.17) is 14.7 Å². The van der Waals surface area contributed by atoms with Gasteiger partial charge in [0.05, 0.1) is 33.0 Å². The molecule has 0 aliphatic carbocycles. The fourth-order valence-corrected chi connectivity index (χ4v) is 7.69. The van der Waals surface area contributed by atoms with Crippen molar-refractivity contribution < 1.29 is 23.9 Å². The highest BCUT2D eigenvalue weighted by Gasteiger charge is 2.38. The van der Waals surface area contributed by atoms with Gasteiger partial charge in [-0.1, -0.05) is 47.0 Å². The molecule has 28 heavy (non-hydrogen) atoms. The number of allylic oxidation sites excluding steroid dienone is 2. The second kappa shape index (κ2) is 8.73. The zero-order valence-corrected chi connectivity index (χ0v) is 19.1. The minimum absolute atomic E-state index is 0.189. The minimum Gasteiger partial charge on any atom is -0.424 e. The first kappa shape index (κ1) is 21.6. The Balaban J connectivity index is 2.29. The fourth-order valence-electron chi connectivity index (χ4n) is 2.15. The van der Waals surface area contributed by atoms with Crippen molar-refractivity contribution in [3.8, 4) is 17.6 Å². The summed E-state index contributed by atoms with van der Waals surface area (Å²) in [6.07, 6.45) is 0.596. The molecule has 0 bridgehead atoms. The van der Waals surface area contributed by atoms with Gasteiger partial charge in [-0.2, -0.15) is 5.26 Å². The van der Waals surface area contributed by atoms with Gasteiger partial charge in [-0.05, 0) is 11.8 Å². The summed E-state index contributed by atoms with van der Waals surface area (Å²) in [5.41, 5.74) is 0. The number of thioether (sulfide) groups is 4. The topological polar surface area (TPSA) is 93.5 Å². The second-order valence-electron chi connectivity index (χ2n) is 5.14. The summed E-state index contributed by atoms with van der Waals surface area (Å²) < 4.78 is 12.2. The first-order chi connectivity index (χ1) is 13.3. The highest BCUT2D eigenvalue weighted by Crippen LogP contribution is 2.68. The first-order valence-corrected chi connectivity index (χ1v) is 11.5. The van der Waals surface area contributed by atoms with Crippen LogP contribution in [0.25, 0.3) is 0 Å². The summed E-state index contributed by atoms with van der Waals surface area (Å²) >= 11 is 13.5. The number of aldehydes is 1. The molecule has 1 aromatic rings. The molecule has 0 saturated carbocycles. The smallest absolute Gasteiger partial charge is 0.416 e. The van der Waals surface area contributed by atoms with Crippen molar-refractivity contribution in [3.63, 3.8) is 0 Å². The summed E-state index contributed by atoms with van der Waals surface area (Å²) in [5.74, 6) is -1.08. The normalized spacial score (nSPS) is 18.0. The van der Waals surface area contributed by atoms with E-state index in [0.29, 0.717) is 35.9 Å². The zero-order valence-electron chi connectivity index (χ0n) is 14.1. The van der Waals surface area contributed by atoms with E-state index in [1.165, 1.54) is 48.3 Å². The molecule has 3 rings (SSSR count). The zero-order chi connectivity index (χ0) is 20.6. The van der Waals surface area contributed by atoms with E-state index in [-0.39, 0.29) is 10.7 Å². The molecule has 0 N–H and O–H groups in total. The molecule has 144 valence electrons. The number of ether oxygens (including phenoxy) is 2. The van der Waals surface area contributed by atoms with Crippen LogP contribution in [-0.2, 0) is 14.4 Å². The maximum atomic E-state index is 11.7. The Morgan fingerprint density at radius 1 is 0.929 bits per heavy atom. The van der Waals surface area contributed by atoms with Gasteiger partial charge >= 0.3 is 11.9 Å². The number of benzene rings is 1. The Bertz CT molecular complexity index is 1040. The minimum atomic E-state index is -1.07. The van der Waals surface area contributed by atoms with Crippen LogP contribution in [0.15, 0.2) is 37.9 Å². The van der Waals surface area contributed by atoms with Crippen LogP contribution in [-0.4, -0.2) is 18.2 Å². The first-order valence-electron chi connectivity index (χ1n) is 7.30. The molecular formula is C16H9NO5S6. The number of esters is 2. The monoisotopic (exact) mass is 487 g/mol. The van der Waals surface area contributed by atoms with E-state index >= 15 is 0 Å². The Labute approximate surface area is 188 Å². The van der Waals surface area contributed by atoms with Gasteiger partial charge in [-0.3, -0.25) is 9.59 Å². The Morgan fingerprint density at radius 2 is 1.39 bits per heavy atom. The van der Waals surface area contributed by atoms with E-state index in [2.05, 4.69) is 25.3 Å². The maximum absolute atomic E-state index is 11.7. The van der Waals surface area contributed by atoms with Crippen molar-refractivity contribution in [2.75, 3.05) is 0 Å². The van der Waals surface area contributed by atoms with E-state index in [9.17, 15) is 14.4 Å². The molecular weight excluding hydrogens is 479 g/mol. The summed E-state index contributed by atoms with van der Waals surface area (Å²) in [7, 11) is 0. The summed E-state index contributed by atoms with van der Waals surface area (Å²) in [6, 6.07) is 1.43. The lowest BCUT2D eigenvalue weighted by Crippen LogP contribution is -2.08. The summed E-state index contributed by atoms with van der Waals surface area (Å²) in [4.78, 5) is 37.7. The largest absolute Gasteiger partial charge is 0.424 e. The number of fused-ring (bicyclic) bond motifs is 2. The Hall–Kier alpha value is -1.10. The molecule has 0 aromatic heterocycles. The average Bonchev–Trinajstić information content (AvgIpc) is 3.28. The lowest BCUT2D eigenvalue weighted by molar-refractivity contribution is -0.132. The van der Waals surface area contributed by atoms with Crippen LogP contribution in [0, 0.1) is 11.3 Å². The van der Waals surface area contributed by atoms with Crippen LogP contribution in [0.4, 0.5) is 0 Å². The third kappa shape index (κ3) is 4.10. The SMILES string of the molecule is CC(=O)Oc1c2c(c(OC(=O)C#N)c3c1S/C(=C(/C)S)S3)S/C(=C(\S)C=O)S2. The average molecular weight is 488 g/mol. The molecule has 1 aromatic carbocycles. The predicted molar refractivity (Wildman–Crippen MR) is 116 cm³/mol. The lowest BCUT2D eigenvalue weighted by atomic mass is 10.3. The van der Waals surface area contributed by atoms with Gasteiger partial charge in [-0.15, -0.1) is 25.3 Å². The molecule has 0 amide bonds. The van der Waals surface area contributed by atoms with Crippen LogP contribution in [0.5, 0.6) is 11.5 Å². The van der Waals surface area contributed by atoms with Crippen molar-refractivity contribution >= 4 is 90.5 Å². The highest BCUT2D eigenvalue weighted by molar-refractivity contribution is 8.26. The molecule has 0 spiro atoms. The molecule has 2 aliphatic rings. The van der Waals surface area contributed by atoms with Gasteiger partial charge in [0.1, 0.15) is 0 Å². The third-order valence-electron chi connectivity index (χ3n) is 3.16. The van der Waals surface area contributed by atoms with Crippen LogP contribution < -0.4 is 9.47 Å². The second-order valence-corrected chi connectivity index (χ2v) is 10.9. The van der Waals surface area contributed by atoms with E-state index < -0.39 is 11.9 Å². The van der Waals surface area contributed by atoms with Crippen molar-refractivity contribution in [2.45, 2.75) is 33.4 Å². The number of thiol groups is 2. The van der Waals surface area contributed by atoms with Gasteiger partial charge in [0.25, 0.3) is 0 Å². The number of nitriles is 1. The molecule has 2 aliphatic heterocycles. The number of nitrogens with zero attached hydrogens (tertiary/aromatic N) is 1. The molecule has 2 heterocycles. The standard InChI is InChI=1S/C16H9NO5S6/c1-5(23)15-25-11-9(21-6(2)19)12-14(28-16(27-12)7(24)4-18)10(13(11)26-15)22-8(20)3-17/h4,23-24H,1-2H3/b15-5+,16-7-. The molecule has 0 saturated heterocycles. The number of hydrogen-bond donors (Lipinski definition) is 2.